The van der Waals surface area contributed by atoms with E-state index in [0.717, 1.165) is 5.25 Å². The van der Waals surface area contributed by atoms with Gasteiger partial charge >= 0.3 is 0 Å². The Labute approximate surface area is 80.6 Å². The van der Waals surface area contributed by atoms with E-state index < -0.39 is 0 Å². The van der Waals surface area contributed by atoms with Crippen molar-refractivity contribution in [2.45, 2.75) is 37.0 Å². The summed E-state index contributed by atoms with van der Waals surface area (Å²) in [6, 6.07) is 0.495. The summed E-state index contributed by atoms with van der Waals surface area (Å²) in [5, 5.41) is 0.862. The highest BCUT2D eigenvalue weighted by molar-refractivity contribution is 14.1. The van der Waals surface area contributed by atoms with Crippen LogP contribution in [0.15, 0.2) is 0 Å². The molecular formula is C7H14INS. The molecule has 0 heterocycles. The number of hydrogen-bond donors (Lipinski definition) is 1. The zero-order valence-electron chi connectivity index (χ0n) is 6.05. The third-order valence-corrected chi connectivity index (χ3v) is 4.07. The van der Waals surface area contributed by atoms with Crippen LogP contribution < -0.4 is 5.73 Å². The highest BCUT2D eigenvalue weighted by Crippen LogP contribution is 2.28. The van der Waals surface area contributed by atoms with E-state index in [1.165, 1.54) is 29.4 Å². The number of thioether (sulfide) groups is 1. The van der Waals surface area contributed by atoms with Crippen molar-refractivity contribution in [3.05, 3.63) is 0 Å². The Morgan fingerprint density at radius 2 is 2.30 bits per heavy atom. The zero-order chi connectivity index (χ0) is 7.40. The first kappa shape index (κ1) is 9.13. The zero-order valence-corrected chi connectivity index (χ0v) is 9.03. The Kier molecular flexibility index (Phi) is 4.41. The Morgan fingerprint density at radius 1 is 1.50 bits per heavy atom. The summed E-state index contributed by atoms with van der Waals surface area (Å²) in [7, 11) is 0. The molecule has 1 aliphatic carbocycles. The number of nitrogens with two attached hydrogens (primary N) is 1. The predicted octanol–water partition coefficient (Wildman–Crippen LogP) is 2.38. The summed E-state index contributed by atoms with van der Waals surface area (Å²) < 4.78 is 1.22. The Balaban J connectivity index is 2.18. The molecule has 0 aromatic carbocycles. The third-order valence-electron chi connectivity index (χ3n) is 1.97. The summed E-state index contributed by atoms with van der Waals surface area (Å²) in [6.07, 6.45) is 5.23. The topological polar surface area (TPSA) is 26.0 Å². The van der Waals surface area contributed by atoms with E-state index in [9.17, 15) is 0 Å². The number of alkyl halides is 1. The van der Waals surface area contributed by atoms with Gasteiger partial charge in [-0.2, -0.15) is 0 Å². The summed E-state index contributed by atoms with van der Waals surface area (Å²) >= 11 is 4.48. The molecule has 0 aliphatic heterocycles. The van der Waals surface area contributed by atoms with Crippen LogP contribution in [0.25, 0.3) is 0 Å². The van der Waals surface area contributed by atoms with E-state index in [-0.39, 0.29) is 0 Å². The van der Waals surface area contributed by atoms with E-state index in [0.29, 0.717) is 6.04 Å². The van der Waals surface area contributed by atoms with Gasteiger partial charge in [-0.15, -0.1) is 11.8 Å². The molecular weight excluding hydrogens is 257 g/mol. The smallest absolute Gasteiger partial charge is 0.0457 e. The largest absolute Gasteiger partial charge is 0.328 e. The molecule has 1 nitrogen and oxygen atoms in total. The molecule has 0 bridgehead atoms. The van der Waals surface area contributed by atoms with Crippen molar-refractivity contribution < 1.29 is 0 Å². The van der Waals surface area contributed by atoms with E-state index in [1.807, 2.05) is 0 Å². The van der Waals surface area contributed by atoms with Gasteiger partial charge in [0.1, 0.15) is 0 Å². The van der Waals surface area contributed by atoms with Crippen molar-refractivity contribution >= 4 is 34.4 Å². The highest BCUT2D eigenvalue weighted by atomic mass is 127. The maximum absolute atomic E-state index is 5.84. The molecule has 0 amide bonds. The molecule has 0 radical (unpaired) electrons. The van der Waals surface area contributed by atoms with Gasteiger partial charge in [-0.3, -0.25) is 0 Å². The summed E-state index contributed by atoms with van der Waals surface area (Å²) in [5.74, 6) is 0. The Bertz CT molecular complexity index is 97.6. The maximum Gasteiger partial charge on any atom is 0.0457 e. The molecule has 2 atom stereocenters. The van der Waals surface area contributed by atoms with Gasteiger partial charge in [0.25, 0.3) is 0 Å². The van der Waals surface area contributed by atoms with Crippen molar-refractivity contribution in [2.24, 2.45) is 5.73 Å². The van der Waals surface area contributed by atoms with Crippen LogP contribution in [0, 0.1) is 0 Å². The number of halogens is 1. The molecule has 0 spiro atoms. The standard InChI is InChI=1S/C7H14INS/c8-5-10-7-3-1-2-6(9)4-7/h6-7H,1-5,9H2. The molecule has 1 saturated carbocycles. The van der Waals surface area contributed by atoms with E-state index in [2.05, 4.69) is 34.4 Å². The first-order valence-electron chi connectivity index (χ1n) is 3.76. The number of hydrogen-bond acceptors (Lipinski definition) is 2. The second kappa shape index (κ2) is 4.83. The third kappa shape index (κ3) is 2.96. The Morgan fingerprint density at radius 3 is 2.90 bits per heavy atom. The fourth-order valence-corrected chi connectivity index (χ4v) is 3.84. The SMILES string of the molecule is NC1CCCC(SCI)C1. The van der Waals surface area contributed by atoms with Gasteiger partial charge in [0, 0.05) is 15.1 Å². The van der Waals surface area contributed by atoms with Crippen LogP contribution in [0.3, 0.4) is 0 Å². The molecule has 60 valence electrons. The van der Waals surface area contributed by atoms with E-state index >= 15 is 0 Å². The fourth-order valence-electron chi connectivity index (χ4n) is 1.42. The van der Waals surface area contributed by atoms with Gasteiger partial charge in [-0.25, -0.2) is 0 Å². The molecule has 10 heavy (non-hydrogen) atoms. The van der Waals surface area contributed by atoms with Gasteiger partial charge in [-0.1, -0.05) is 29.0 Å². The van der Waals surface area contributed by atoms with Crippen LogP contribution >= 0.6 is 34.4 Å². The molecule has 2 unspecified atom stereocenters. The van der Waals surface area contributed by atoms with Crippen molar-refractivity contribution in [1.29, 1.82) is 0 Å². The van der Waals surface area contributed by atoms with Crippen LogP contribution in [0.1, 0.15) is 25.7 Å². The van der Waals surface area contributed by atoms with Crippen LogP contribution in [0.4, 0.5) is 0 Å². The first-order chi connectivity index (χ1) is 4.83. The molecule has 0 aromatic rings. The molecule has 3 heteroatoms. The molecule has 0 saturated heterocycles. The predicted molar refractivity (Wildman–Crippen MR) is 56.7 cm³/mol. The summed E-state index contributed by atoms with van der Waals surface area (Å²) in [4.78, 5) is 0. The summed E-state index contributed by atoms with van der Waals surface area (Å²) in [5.41, 5.74) is 5.84. The average molecular weight is 271 g/mol. The van der Waals surface area contributed by atoms with Gasteiger partial charge in [0.2, 0.25) is 0 Å². The van der Waals surface area contributed by atoms with Crippen LogP contribution in [-0.4, -0.2) is 15.1 Å². The monoisotopic (exact) mass is 271 g/mol. The quantitative estimate of drug-likeness (QED) is 0.616. The van der Waals surface area contributed by atoms with Crippen LogP contribution in [0.5, 0.6) is 0 Å². The van der Waals surface area contributed by atoms with Gasteiger partial charge in [0.15, 0.2) is 0 Å². The van der Waals surface area contributed by atoms with E-state index in [1.54, 1.807) is 0 Å². The summed E-state index contributed by atoms with van der Waals surface area (Å²) in [6.45, 7) is 0. The minimum Gasteiger partial charge on any atom is -0.328 e. The van der Waals surface area contributed by atoms with Crippen molar-refractivity contribution in [3.8, 4) is 0 Å². The maximum atomic E-state index is 5.84. The fraction of sp³-hybridized carbons (Fsp3) is 1.00. The van der Waals surface area contributed by atoms with Crippen molar-refractivity contribution in [2.75, 3.05) is 3.76 Å². The molecule has 1 aliphatic rings. The molecule has 0 aromatic heterocycles. The lowest BCUT2D eigenvalue weighted by Crippen LogP contribution is -2.29. The minimum atomic E-state index is 0.495. The van der Waals surface area contributed by atoms with Crippen molar-refractivity contribution in [3.63, 3.8) is 0 Å². The first-order valence-corrected chi connectivity index (χ1v) is 6.33. The van der Waals surface area contributed by atoms with Crippen LogP contribution in [0.2, 0.25) is 0 Å². The lowest BCUT2D eigenvalue weighted by atomic mass is 9.96. The lowest BCUT2D eigenvalue weighted by Gasteiger charge is -2.25. The Hall–Kier alpha value is 1.04. The highest BCUT2D eigenvalue weighted by Gasteiger charge is 2.18. The molecule has 1 fully saturated rings. The van der Waals surface area contributed by atoms with Crippen molar-refractivity contribution in [1.82, 2.24) is 0 Å². The minimum absolute atomic E-state index is 0.495. The second-order valence-corrected chi connectivity index (χ2v) is 5.91. The van der Waals surface area contributed by atoms with E-state index in [4.69, 9.17) is 5.73 Å². The average Bonchev–Trinajstić information content (AvgIpc) is 1.88. The molecule has 2 N–H and O–H groups in total. The molecule has 1 rings (SSSR count). The normalized spacial score (nSPS) is 34.2. The van der Waals surface area contributed by atoms with Gasteiger partial charge in [-0.05, 0) is 19.3 Å². The van der Waals surface area contributed by atoms with Gasteiger partial charge < -0.3 is 5.73 Å². The van der Waals surface area contributed by atoms with Gasteiger partial charge in [0.05, 0.1) is 0 Å². The number of rotatable bonds is 2. The lowest BCUT2D eigenvalue weighted by molar-refractivity contribution is 0.452. The second-order valence-electron chi connectivity index (χ2n) is 2.82. The van der Waals surface area contributed by atoms with Crippen LogP contribution in [-0.2, 0) is 0 Å².